The maximum Gasteiger partial charge on any atom is 0.229 e. The van der Waals surface area contributed by atoms with E-state index in [0.29, 0.717) is 0 Å². The Morgan fingerprint density at radius 2 is 2.00 bits per heavy atom. The molecule has 0 aromatic rings. The van der Waals surface area contributed by atoms with Crippen LogP contribution >= 0.6 is 0 Å². The fourth-order valence-corrected chi connectivity index (χ4v) is 0.846. The van der Waals surface area contributed by atoms with E-state index in [1.165, 1.54) is 11.8 Å². The topological polar surface area (TPSA) is 57.6 Å². The standard InChI is InChI=1S/C8H15NO3/c1-6(10)4-8(12)9(3)5-7(2)11/h7,11H,4-5H2,1-3H3. The lowest BCUT2D eigenvalue weighted by Crippen LogP contribution is -2.33. The van der Waals surface area contributed by atoms with Gasteiger partial charge in [0.05, 0.1) is 12.5 Å². The summed E-state index contributed by atoms with van der Waals surface area (Å²) in [6.07, 6.45) is -0.630. The van der Waals surface area contributed by atoms with Gasteiger partial charge >= 0.3 is 0 Å². The van der Waals surface area contributed by atoms with Crippen LogP contribution in [0.4, 0.5) is 0 Å². The van der Waals surface area contributed by atoms with Crippen molar-refractivity contribution in [3.05, 3.63) is 0 Å². The number of ketones is 1. The van der Waals surface area contributed by atoms with Crippen molar-refractivity contribution in [1.29, 1.82) is 0 Å². The van der Waals surface area contributed by atoms with Crippen molar-refractivity contribution >= 4 is 11.7 Å². The van der Waals surface area contributed by atoms with Crippen LogP contribution in [0.25, 0.3) is 0 Å². The zero-order chi connectivity index (χ0) is 9.72. The van der Waals surface area contributed by atoms with Gasteiger partial charge in [-0.25, -0.2) is 0 Å². The normalized spacial score (nSPS) is 12.3. The SMILES string of the molecule is CC(=O)CC(=O)N(C)CC(C)O. The molecule has 0 rings (SSSR count). The summed E-state index contributed by atoms with van der Waals surface area (Å²) in [6.45, 7) is 3.23. The Kier molecular flexibility index (Phi) is 4.51. The van der Waals surface area contributed by atoms with E-state index in [2.05, 4.69) is 0 Å². The van der Waals surface area contributed by atoms with E-state index < -0.39 is 6.10 Å². The molecular weight excluding hydrogens is 158 g/mol. The Hall–Kier alpha value is -0.900. The third-order valence-electron chi connectivity index (χ3n) is 1.36. The molecule has 0 saturated heterocycles. The second kappa shape index (κ2) is 4.87. The Balaban J connectivity index is 3.85. The molecule has 12 heavy (non-hydrogen) atoms. The van der Waals surface area contributed by atoms with Gasteiger partial charge in [0.25, 0.3) is 0 Å². The van der Waals surface area contributed by atoms with Crippen LogP contribution in [-0.4, -0.2) is 41.4 Å². The summed E-state index contributed by atoms with van der Waals surface area (Å²) in [5.41, 5.74) is 0. The minimum absolute atomic E-state index is 0.0801. The lowest BCUT2D eigenvalue weighted by atomic mass is 10.2. The maximum atomic E-state index is 11.1. The summed E-state index contributed by atoms with van der Waals surface area (Å²) in [5, 5.41) is 8.93. The van der Waals surface area contributed by atoms with E-state index in [1.807, 2.05) is 0 Å². The van der Waals surface area contributed by atoms with Gasteiger partial charge in [0, 0.05) is 13.6 Å². The molecule has 1 unspecified atom stereocenters. The number of rotatable bonds is 4. The van der Waals surface area contributed by atoms with E-state index in [-0.39, 0.29) is 24.7 Å². The summed E-state index contributed by atoms with van der Waals surface area (Å²) < 4.78 is 0. The molecule has 1 atom stereocenters. The van der Waals surface area contributed by atoms with Crippen LogP contribution < -0.4 is 0 Å². The number of carbonyl (C=O) groups excluding carboxylic acids is 2. The van der Waals surface area contributed by atoms with Crippen LogP contribution in [0.2, 0.25) is 0 Å². The fourth-order valence-electron chi connectivity index (χ4n) is 0.846. The van der Waals surface area contributed by atoms with Crippen molar-refractivity contribution in [2.75, 3.05) is 13.6 Å². The number of nitrogens with zero attached hydrogens (tertiary/aromatic N) is 1. The molecule has 0 aliphatic carbocycles. The Morgan fingerprint density at radius 1 is 1.50 bits per heavy atom. The molecule has 4 heteroatoms. The Bertz CT molecular complexity index is 177. The van der Waals surface area contributed by atoms with Crippen LogP contribution in [0.5, 0.6) is 0 Å². The van der Waals surface area contributed by atoms with Gasteiger partial charge in [0.15, 0.2) is 0 Å². The first-order valence-corrected chi connectivity index (χ1v) is 3.85. The minimum Gasteiger partial charge on any atom is -0.392 e. The number of aliphatic hydroxyl groups excluding tert-OH is 1. The molecule has 1 N–H and O–H groups in total. The summed E-state index contributed by atoms with van der Waals surface area (Å²) in [7, 11) is 1.57. The fraction of sp³-hybridized carbons (Fsp3) is 0.750. The zero-order valence-corrected chi connectivity index (χ0v) is 7.70. The highest BCUT2D eigenvalue weighted by atomic mass is 16.3. The van der Waals surface area contributed by atoms with E-state index in [9.17, 15) is 9.59 Å². The van der Waals surface area contributed by atoms with Gasteiger partial charge in [0.1, 0.15) is 5.78 Å². The van der Waals surface area contributed by atoms with Gasteiger partial charge in [-0.05, 0) is 13.8 Å². The van der Waals surface area contributed by atoms with Crippen molar-refractivity contribution < 1.29 is 14.7 Å². The third kappa shape index (κ3) is 4.85. The smallest absolute Gasteiger partial charge is 0.229 e. The number of Topliss-reactive ketones (excluding diaryl/α,β-unsaturated/α-hetero) is 1. The lowest BCUT2D eigenvalue weighted by molar-refractivity contribution is -0.134. The molecule has 70 valence electrons. The molecule has 0 fully saturated rings. The van der Waals surface area contributed by atoms with Crippen molar-refractivity contribution in [3.8, 4) is 0 Å². The number of hydrogen-bond acceptors (Lipinski definition) is 3. The largest absolute Gasteiger partial charge is 0.392 e. The van der Waals surface area contributed by atoms with Crippen LogP contribution in [0.1, 0.15) is 20.3 Å². The van der Waals surface area contributed by atoms with Crippen molar-refractivity contribution in [2.45, 2.75) is 26.4 Å². The van der Waals surface area contributed by atoms with Crippen LogP contribution in [0.3, 0.4) is 0 Å². The third-order valence-corrected chi connectivity index (χ3v) is 1.36. The molecule has 0 saturated carbocycles. The average Bonchev–Trinajstić information content (AvgIpc) is 1.84. The molecule has 0 radical (unpaired) electrons. The molecule has 0 bridgehead atoms. The van der Waals surface area contributed by atoms with Gasteiger partial charge < -0.3 is 10.0 Å². The van der Waals surface area contributed by atoms with Crippen molar-refractivity contribution in [2.24, 2.45) is 0 Å². The van der Waals surface area contributed by atoms with Crippen molar-refractivity contribution in [1.82, 2.24) is 4.90 Å². The van der Waals surface area contributed by atoms with Gasteiger partial charge in [-0.1, -0.05) is 0 Å². The molecular formula is C8H15NO3. The monoisotopic (exact) mass is 173 g/mol. The van der Waals surface area contributed by atoms with E-state index >= 15 is 0 Å². The maximum absolute atomic E-state index is 11.1. The summed E-state index contributed by atoms with van der Waals surface area (Å²) in [5.74, 6) is -0.402. The van der Waals surface area contributed by atoms with Crippen molar-refractivity contribution in [3.63, 3.8) is 0 Å². The van der Waals surface area contributed by atoms with Crippen LogP contribution in [0, 0.1) is 0 Å². The highest BCUT2D eigenvalue weighted by Crippen LogP contribution is 1.93. The number of likely N-dealkylation sites (N-methyl/N-ethyl adjacent to an activating group) is 1. The zero-order valence-electron chi connectivity index (χ0n) is 7.70. The summed E-state index contributed by atoms with van der Waals surface area (Å²) in [4.78, 5) is 23.0. The second-order valence-corrected chi connectivity index (χ2v) is 3.00. The van der Waals surface area contributed by atoms with Crippen LogP contribution in [-0.2, 0) is 9.59 Å². The molecule has 0 aromatic heterocycles. The number of hydrogen-bond donors (Lipinski definition) is 1. The van der Waals surface area contributed by atoms with Gasteiger partial charge in [-0.15, -0.1) is 0 Å². The first kappa shape index (κ1) is 11.1. The summed E-state index contributed by atoms with van der Waals surface area (Å²) >= 11 is 0. The highest BCUT2D eigenvalue weighted by Gasteiger charge is 2.12. The van der Waals surface area contributed by atoms with Gasteiger partial charge in [-0.2, -0.15) is 0 Å². The minimum atomic E-state index is -0.550. The Labute approximate surface area is 72.2 Å². The molecule has 0 spiro atoms. The van der Waals surface area contributed by atoms with E-state index in [4.69, 9.17) is 5.11 Å². The molecule has 4 nitrogen and oxygen atoms in total. The highest BCUT2D eigenvalue weighted by molar-refractivity contribution is 5.96. The predicted octanol–water partition coefficient (Wildman–Crippen LogP) is -0.195. The van der Waals surface area contributed by atoms with Gasteiger partial charge in [-0.3, -0.25) is 9.59 Å². The molecule has 0 aliphatic heterocycles. The lowest BCUT2D eigenvalue weighted by Gasteiger charge is -2.17. The number of aliphatic hydroxyl groups is 1. The molecule has 0 heterocycles. The molecule has 0 aromatic carbocycles. The van der Waals surface area contributed by atoms with E-state index in [0.717, 1.165) is 0 Å². The molecule has 0 aliphatic rings. The quantitative estimate of drug-likeness (QED) is 0.599. The average molecular weight is 173 g/mol. The number of amides is 1. The van der Waals surface area contributed by atoms with Gasteiger partial charge in [0.2, 0.25) is 5.91 Å². The second-order valence-electron chi connectivity index (χ2n) is 3.00. The first-order chi connectivity index (χ1) is 5.43. The Morgan fingerprint density at radius 3 is 2.33 bits per heavy atom. The predicted molar refractivity (Wildman–Crippen MR) is 44.6 cm³/mol. The molecule has 1 amide bonds. The van der Waals surface area contributed by atoms with E-state index in [1.54, 1.807) is 14.0 Å². The first-order valence-electron chi connectivity index (χ1n) is 3.85. The van der Waals surface area contributed by atoms with Crippen LogP contribution in [0.15, 0.2) is 0 Å². The summed E-state index contributed by atoms with van der Waals surface area (Å²) in [6, 6.07) is 0. The number of carbonyl (C=O) groups is 2.